The molecule has 1 aromatic carbocycles. The van der Waals surface area contributed by atoms with Crippen molar-refractivity contribution in [3.05, 3.63) is 57.7 Å². The van der Waals surface area contributed by atoms with Crippen LogP contribution in [0.4, 0.5) is 5.82 Å². The van der Waals surface area contributed by atoms with Crippen molar-refractivity contribution in [2.45, 2.75) is 25.5 Å². The maximum absolute atomic E-state index is 12.7. The van der Waals surface area contributed by atoms with Crippen LogP contribution in [0, 0.1) is 12.8 Å². The van der Waals surface area contributed by atoms with Crippen molar-refractivity contribution in [3.8, 4) is 0 Å². The Kier molecular flexibility index (Phi) is 6.60. The van der Waals surface area contributed by atoms with E-state index in [-0.39, 0.29) is 17.6 Å². The number of aryl methyl sites for hydroxylation is 1. The number of piperidine rings is 1. The fraction of sp³-hybridized carbons (Fsp3) is 0.368. The first-order chi connectivity index (χ1) is 13.2. The molecule has 2 heterocycles. The Hall–Kier alpha value is -1.67. The van der Waals surface area contributed by atoms with Gasteiger partial charge in [0.2, 0.25) is 15.9 Å². The van der Waals surface area contributed by atoms with Crippen molar-refractivity contribution in [3.63, 3.8) is 0 Å². The van der Waals surface area contributed by atoms with Crippen LogP contribution >= 0.6 is 23.2 Å². The molecule has 0 unspecified atom stereocenters. The number of amides is 1. The average Bonchev–Trinajstić information content (AvgIpc) is 2.65. The van der Waals surface area contributed by atoms with E-state index >= 15 is 0 Å². The number of carbonyl (C=O) groups excluding carboxylic acids is 1. The SMILES string of the molecule is Cc1ccnc(NC(=O)C2CCN(S(=O)(=O)Cc3ccc(Cl)c(Cl)c3)CC2)c1. The molecule has 0 radical (unpaired) electrons. The van der Waals surface area contributed by atoms with Crippen LogP contribution < -0.4 is 5.32 Å². The Morgan fingerprint density at radius 1 is 1.18 bits per heavy atom. The smallest absolute Gasteiger partial charge is 0.228 e. The van der Waals surface area contributed by atoms with E-state index in [2.05, 4.69) is 10.3 Å². The molecule has 0 atom stereocenters. The molecule has 1 fully saturated rings. The summed E-state index contributed by atoms with van der Waals surface area (Å²) in [5, 5.41) is 3.53. The third-order valence-electron chi connectivity index (χ3n) is 4.72. The lowest BCUT2D eigenvalue weighted by Crippen LogP contribution is -2.41. The summed E-state index contributed by atoms with van der Waals surface area (Å²) in [4.78, 5) is 16.6. The summed E-state index contributed by atoms with van der Waals surface area (Å²) in [6.07, 6.45) is 2.58. The fourth-order valence-corrected chi connectivity index (χ4v) is 5.03. The molecular formula is C19H21Cl2N3O3S. The molecule has 0 spiro atoms. The molecule has 150 valence electrons. The zero-order valence-corrected chi connectivity index (χ0v) is 17.7. The number of halogens is 2. The van der Waals surface area contributed by atoms with Gasteiger partial charge in [0.05, 0.1) is 15.8 Å². The predicted octanol–water partition coefficient (Wildman–Crippen LogP) is 3.88. The summed E-state index contributed by atoms with van der Waals surface area (Å²) < 4.78 is 26.8. The number of carbonyl (C=O) groups is 1. The van der Waals surface area contributed by atoms with Crippen LogP contribution in [0.3, 0.4) is 0 Å². The second-order valence-electron chi connectivity index (χ2n) is 6.89. The number of aromatic nitrogens is 1. The van der Waals surface area contributed by atoms with E-state index in [1.165, 1.54) is 4.31 Å². The summed E-state index contributed by atoms with van der Waals surface area (Å²) in [5.74, 6) is 0.00608. The van der Waals surface area contributed by atoms with Gasteiger partial charge in [-0.05, 0) is 55.2 Å². The average molecular weight is 442 g/mol. The molecule has 2 aromatic rings. The van der Waals surface area contributed by atoms with E-state index in [1.807, 2.05) is 13.0 Å². The molecule has 1 amide bonds. The van der Waals surface area contributed by atoms with Gasteiger partial charge in [-0.1, -0.05) is 29.3 Å². The molecule has 0 bridgehead atoms. The van der Waals surface area contributed by atoms with Crippen LogP contribution in [-0.4, -0.2) is 36.7 Å². The number of hydrogen-bond acceptors (Lipinski definition) is 4. The lowest BCUT2D eigenvalue weighted by atomic mass is 9.97. The Morgan fingerprint density at radius 3 is 2.54 bits per heavy atom. The van der Waals surface area contributed by atoms with E-state index in [0.29, 0.717) is 47.4 Å². The van der Waals surface area contributed by atoms with Gasteiger partial charge >= 0.3 is 0 Å². The topological polar surface area (TPSA) is 79.4 Å². The highest BCUT2D eigenvalue weighted by atomic mass is 35.5. The van der Waals surface area contributed by atoms with Crippen LogP contribution in [0.15, 0.2) is 36.5 Å². The van der Waals surface area contributed by atoms with Gasteiger partial charge in [-0.3, -0.25) is 4.79 Å². The van der Waals surface area contributed by atoms with Gasteiger partial charge in [-0.25, -0.2) is 17.7 Å². The number of hydrogen-bond donors (Lipinski definition) is 1. The Bertz CT molecular complexity index is 974. The van der Waals surface area contributed by atoms with Crippen molar-refractivity contribution in [2.75, 3.05) is 18.4 Å². The van der Waals surface area contributed by atoms with Gasteiger partial charge in [-0.15, -0.1) is 0 Å². The summed E-state index contributed by atoms with van der Waals surface area (Å²) in [6.45, 7) is 2.54. The first-order valence-electron chi connectivity index (χ1n) is 8.90. The minimum Gasteiger partial charge on any atom is -0.310 e. The predicted molar refractivity (Wildman–Crippen MR) is 111 cm³/mol. The van der Waals surface area contributed by atoms with Crippen molar-refractivity contribution >= 4 is 45.0 Å². The Balaban J connectivity index is 1.57. The van der Waals surface area contributed by atoms with Gasteiger partial charge in [-0.2, -0.15) is 0 Å². The number of nitrogens with one attached hydrogen (secondary N) is 1. The van der Waals surface area contributed by atoms with E-state index in [1.54, 1.807) is 30.5 Å². The van der Waals surface area contributed by atoms with Gasteiger partial charge in [0, 0.05) is 25.2 Å². The van der Waals surface area contributed by atoms with Crippen LogP contribution in [-0.2, 0) is 20.6 Å². The second kappa shape index (κ2) is 8.78. The molecule has 6 nitrogen and oxygen atoms in total. The molecule has 1 aliphatic rings. The number of sulfonamides is 1. The first-order valence-corrected chi connectivity index (χ1v) is 11.3. The van der Waals surface area contributed by atoms with E-state index in [0.717, 1.165) is 5.56 Å². The molecule has 9 heteroatoms. The summed E-state index contributed by atoms with van der Waals surface area (Å²) in [7, 11) is -3.49. The van der Waals surface area contributed by atoms with E-state index in [9.17, 15) is 13.2 Å². The highest BCUT2D eigenvalue weighted by Gasteiger charge is 2.31. The van der Waals surface area contributed by atoms with Crippen LogP contribution in [0.2, 0.25) is 10.0 Å². The molecule has 1 aromatic heterocycles. The molecule has 3 rings (SSSR count). The minimum absolute atomic E-state index is 0.125. The number of anilines is 1. The van der Waals surface area contributed by atoms with E-state index in [4.69, 9.17) is 23.2 Å². The summed E-state index contributed by atoms with van der Waals surface area (Å²) >= 11 is 11.8. The third kappa shape index (κ3) is 5.23. The van der Waals surface area contributed by atoms with Crippen LogP contribution in [0.25, 0.3) is 0 Å². The van der Waals surface area contributed by atoms with Crippen molar-refractivity contribution in [1.82, 2.24) is 9.29 Å². The standard InChI is InChI=1S/C19H21Cl2N3O3S/c1-13-4-7-22-18(10-13)23-19(25)15-5-8-24(9-6-15)28(26,27)12-14-2-3-16(20)17(21)11-14/h2-4,7,10-11,15H,5-6,8-9,12H2,1H3,(H,22,23,25). The van der Waals surface area contributed by atoms with Crippen molar-refractivity contribution < 1.29 is 13.2 Å². The summed E-state index contributed by atoms with van der Waals surface area (Å²) in [6, 6.07) is 8.46. The molecule has 1 aliphatic heterocycles. The first kappa shape index (κ1) is 21.0. The number of benzene rings is 1. The number of nitrogens with zero attached hydrogens (tertiary/aromatic N) is 2. The van der Waals surface area contributed by atoms with Crippen LogP contribution in [0.1, 0.15) is 24.0 Å². The van der Waals surface area contributed by atoms with Gasteiger partial charge < -0.3 is 5.32 Å². The highest BCUT2D eigenvalue weighted by molar-refractivity contribution is 7.88. The van der Waals surface area contributed by atoms with Gasteiger partial charge in [0.1, 0.15) is 5.82 Å². The summed E-state index contributed by atoms with van der Waals surface area (Å²) in [5.41, 5.74) is 1.59. The highest BCUT2D eigenvalue weighted by Crippen LogP contribution is 2.26. The largest absolute Gasteiger partial charge is 0.310 e. The van der Waals surface area contributed by atoms with Crippen LogP contribution in [0.5, 0.6) is 0 Å². The molecule has 0 saturated carbocycles. The lowest BCUT2D eigenvalue weighted by molar-refractivity contribution is -0.120. The van der Waals surface area contributed by atoms with E-state index < -0.39 is 10.0 Å². The number of pyridine rings is 1. The van der Waals surface area contributed by atoms with Crippen molar-refractivity contribution in [1.29, 1.82) is 0 Å². The third-order valence-corrected chi connectivity index (χ3v) is 7.31. The fourth-order valence-electron chi connectivity index (χ4n) is 3.16. The molecule has 1 N–H and O–H groups in total. The molecular weight excluding hydrogens is 421 g/mol. The minimum atomic E-state index is -3.49. The Labute approximate surface area is 174 Å². The Morgan fingerprint density at radius 2 is 1.89 bits per heavy atom. The number of rotatable bonds is 5. The van der Waals surface area contributed by atoms with Crippen molar-refractivity contribution in [2.24, 2.45) is 5.92 Å². The van der Waals surface area contributed by atoms with Gasteiger partial charge in [0.15, 0.2) is 0 Å². The maximum Gasteiger partial charge on any atom is 0.228 e. The molecule has 0 aliphatic carbocycles. The molecule has 28 heavy (non-hydrogen) atoms. The zero-order chi connectivity index (χ0) is 20.3. The van der Waals surface area contributed by atoms with Gasteiger partial charge in [0.25, 0.3) is 0 Å². The zero-order valence-electron chi connectivity index (χ0n) is 15.4. The molecule has 1 saturated heterocycles. The normalized spacial score (nSPS) is 16.1. The second-order valence-corrected chi connectivity index (χ2v) is 9.67. The maximum atomic E-state index is 12.7. The quantitative estimate of drug-likeness (QED) is 0.763. The lowest BCUT2D eigenvalue weighted by Gasteiger charge is -2.30. The monoisotopic (exact) mass is 441 g/mol.